The van der Waals surface area contributed by atoms with Crippen molar-refractivity contribution >= 4 is 6.08 Å². The number of aryl methyl sites for hydroxylation is 1. The normalized spacial score (nSPS) is 15.6. The van der Waals surface area contributed by atoms with Gasteiger partial charge in [0.05, 0.1) is 18.9 Å². The molecule has 3 rings (SSSR count). The van der Waals surface area contributed by atoms with Crippen molar-refractivity contribution in [3.63, 3.8) is 0 Å². The molecule has 0 amide bonds. The summed E-state index contributed by atoms with van der Waals surface area (Å²) in [4.78, 5) is 4.26. The van der Waals surface area contributed by atoms with Crippen molar-refractivity contribution in [3.05, 3.63) is 48.2 Å². The van der Waals surface area contributed by atoms with Crippen LogP contribution in [0.4, 0.5) is 0 Å². The molecule has 2 heterocycles. The quantitative estimate of drug-likeness (QED) is 0.861. The summed E-state index contributed by atoms with van der Waals surface area (Å²) in [6.45, 7) is 9.07. The van der Waals surface area contributed by atoms with Gasteiger partial charge in [-0.15, -0.1) is 0 Å². The van der Waals surface area contributed by atoms with Gasteiger partial charge in [-0.3, -0.25) is 9.91 Å². The molecule has 0 radical (unpaired) electrons. The van der Waals surface area contributed by atoms with Crippen LogP contribution >= 0.6 is 0 Å². The van der Waals surface area contributed by atoms with Crippen LogP contribution in [-0.4, -0.2) is 41.6 Å². The third kappa shape index (κ3) is 2.72. The summed E-state index contributed by atoms with van der Waals surface area (Å²) in [5.74, 6) is 0. The Morgan fingerprint density at radius 2 is 2.14 bits per heavy atom. The molecule has 1 aliphatic heterocycles. The molecule has 1 aromatic carbocycles. The van der Waals surface area contributed by atoms with E-state index >= 15 is 0 Å². The molecule has 1 aliphatic rings. The highest BCUT2D eigenvalue weighted by atomic mass is 15.7. The van der Waals surface area contributed by atoms with Gasteiger partial charge >= 0.3 is 0 Å². The Bertz CT molecular complexity index is 644. The van der Waals surface area contributed by atoms with E-state index in [0.29, 0.717) is 0 Å². The van der Waals surface area contributed by atoms with Gasteiger partial charge in [-0.25, -0.2) is 0 Å². The molecular formula is C17H22N4. The molecule has 21 heavy (non-hydrogen) atoms. The number of hydrogen-bond acceptors (Lipinski definition) is 3. The van der Waals surface area contributed by atoms with Crippen molar-refractivity contribution in [1.29, 1.82) is 0 Å². The first kappa shape index (κ1) is 13.9. The summed E-state index contributed by atoms with van der Waals surface area (Å²) in [5, 5.41) is 7.01. The number of aromatic nitrogens is 2. The van der Waals surface area contributed by atoms with E-state index in [4.69, 9.17) is 5.10 Å². The lowest BCUT2D eigenvalue weighted by atomic mass is 9.99. The summed E-state index contributed by atoms with van der Waals surface area (Å²) < 4.78 is 0. The Morgan fingerprint density at radius 1 is 1.29 bits per heavy atom. The molecule has 0 bridgehead atoms. The first-order valence-electron chi connectivity index (χ1n) is 7.46. The van der Waals surface area contributed by atoms with E-state index in [-0.39, 0.29) is 0 Å². The summed E-state index contributed by atoms with van der Waals surface area (Å²) in [6.07, 6.45) is 4.94. The molecule has 0 N–H and O–H groups in total. The second kappa shape index (κ2) is 5.74. The summed E-state index contributed by atoms with van der Waals surface area (Å²) in [5.41, 5.74) is 4.70. The molecule has 4 heteroatoms. The maximum absolute atomic E-state index is 4.76. The molecule has 1 saturated heterocycles. The lowest BCUT2D eigenvalue weighted by Crippen LogP contribution is -2.33. The van der Waals surface area contributed by atoms with E-state index in [9.17, 15) is 0 Å². The van der Waals surface area contributed by atoms with Gasteiger partial charge in [-0.2, -0.15) is 9.89 Å². The predicted octanol–water partition coefficient (Wildman–Crippen LogP) is 2.60. The summed E-state index contributed by atoms with van der Waals surface area (Å²) >= 11 is 0. The number of rotatable bonds is 4. The Labute approximate surface area is 126 Å². The lowest BCUT2D eigenvalue weighted by Gasteiger charge is -2.17. The average Bonchev–Trinajstić information content (AvgIpc) is 3.15. The molecule has 0 spiro atoms. The van der Waals surface area contributed by atoms with Crippen molar-refractivity contribution < 1.29 is 0 Å². The van der Waals surface area contributed by atoms with Gasteiger partial charge in [-0.05, 0) is 36.7 Å². The molecule has 110 valence electrons. The Kier molecular flexibility index (Phi) is 3.80. The largest absolute Gasteiger partial charge is 0.286 e. The molecular weight excluding hydrogens is 260 g/mol. The van der Waals surface area contributed by atoms with Gasteiger partial charge in [0, 0.05) is 18.3 Å². The van der Waals surface area contributed by atoms with Crippen LogP contribution in [0.1, 0.15) is 18.1 Å². The zero-order chi connectivity index (χ0) is 14.8. The zero-order valence-corrected chi connectivity index (χ0v) is 12.8. The van der Waals surface area contributed by atoms with E-state index in [1.807, 2.05) is 10.9 Å². The van der Waals surface area contributed by atoms with Crippen LogP contribution in [0, 0.1) is 0 Å². The SMILES string of the molecule is C=Cc1ccc(CC)c(-c2ccn(N3CCN(C)C3)n2)c1. The van der Waals surface area contributed by atoms with E-state index in [1.54, 1.807) is 0 Å². The van der Waals surface area contributed by atoms with Gasteiger partial charge in [0.25, 0.3) is 0 Å². The minimum Gasteiger partial charge on any atom is -0.286 e. The number of likely N-dealkylation sites (N-methyl/N-ethyl adjacent to an activating group) is 1. The van der Waals surface area contributed by atoms with Crippen molar-refractivity contribution in [2.75, 3.05) is 31.8 Å². The highest BCUT2D eigenvalue weighted by molar-refractivity contribution is 5.67. The topological polar surface area (TPSA) is 24.3 Å². The van der Waals surface area contributed by atoms with Crippen LogP contribution in [0.5, 0.6) is 0 Å². The molecule has 0 atom stereocenters. The van der Waals surface area contributed by atoms with Gasteiger partial charge in [-0.1, -0.05) is 31.7 Å². The van der Waals surface area contributed by atoms with Crippen molar-refractivity contribution in [2.24, 2.45) is 0 Å². The maximum atomic E-state index is 4.76. The van der Waals surface area contributed by atoms with Crippen molar-refractivity contribution in [2.45, 2.75) is 13.3 Å². The van der Waals surface area contributed by atoms with E-state index < -0.39 is 0 Å². The number of hydrogen-bond donors (Lipinski definition) is 0. The van der Waals surface area contributed by atoms with Gasteiger partial charge in [0.15, 0.2) is 0 Å². The Balaban J connectivity index is 1.94. The van der Waals surface area contributed by atoms with E-state index in [2.05, 4.69) is 60.9 Å². The standard InChI is InChI=1S/C17H22N4/c1-4-14-6-7-15(5-2)16(12-14)17-8-9-21(18-17)20-11-10-19(3)13-20/h4,6-9,12H,1,5,10-11,13H2,2-3H3. The smallest absolute Gasteiger partial charge is 0.0947 e. The van der Waals surface area contributed by atoms with Gasteiger partial charge in [0.2, 0.25) is 0 Å². The highest BCUT2D eigenvalue weighted by Gasteiger charge is 2.18. The van der Waals surface area contributed by atoms with Gasteiger partial charge < -0.3 is 0 Å². The second-order valence-electron chi connectivity index (χ2n) is 5.55. The summed E-state index contributed by atoms with van der Waals surface area (Å²) in [6, 6.07) is 8.56. The molecule has 1 aromatic heterocycles. The molecule has 0 saturated carbocycles. The predicted molar refractivity (Wildman–Crippen MR) is 87.7 cm³/mol. The number of benzene rings is 1. The first-order chi connectivity index (χ1) is 10.2. The van der Waals surface area contributed by atoms with Gasteiger partial charge in [0.1, 0.15) is 0 Å². The van der Waals surface area contributed by atoms with E-state index in [0.717, 1.165) is 37.4 Å². The third-order valence-corrected chi connectivity index (χ3v) is 4.04. The highest BCUT2D eigenvalue weighted by Crippen LogP contribution is 2.24. The molecule has 0 aliphatic carbocycles. The fourth-order valence-electron chi connectivity index (χ4n) is 2.76. The average molecular weight is 282 g/mol. The van der Waals surface area contributed by atoms with Crippen LogP contribution < -0.4 is 5.01 Å². The second-order valence-corrected chi connectivity index (χ2v) is 5.55. The third-order valence-electron chi connectivity index (χ3n) is 4.04. The Morgan fingerprint density at radius 3 is 2.81 bits per heavy atom. The van der Waals surface area contributed by atoms with Crippen molar-refractivity contribution in [3.8, 4) is 11.3 Å². The monoisotopic (exact) mass is 282 g/mol. The van der Waals surface area contributed by atoms with E-state index in [1.165, 1.54) is 11.1 Å². The first-order valence-corrected chi connectivity index (χ1v) is 7.46. The summed E-state index contributed by atoms with van der Waals surface area (Å²) in [7, 11) is 2.13. The van der Waals surface area contributed by atoms with Crippen LogP contribution in [0.25, 0.3) is 17.3 Å². The van der Waals surface area contributed by atoms with Crippen LogP contribution in [0.15, 0.2) is 37.0 Å². The number of nitrogens with zero attached hydrogens (tertiary/aromatic N) is 4. The molecule has 0 unspecified atom stereocenters. The van der Waals surface area contributed by atoms with Crippen LogP contribution in [0.3, 0.4) is 0 Å². The molecule has 1 fully saturated rings. The lowest BCUT2D eigenvalue weighted by molar-refractivity contribution is 0.402. The van der Waals surface area contributed by atoms with Crippen molar-refractivity contribution in [1.82, 2.24) is 14.8 Å². The Hall–Kier alpha value is -2.07. The fraction of sp³-hybridized carbons (Fsp3) is 0.353. The minimum absolute atomic E-state index is 0.925. The van der Waals surface area contributed by atoms with Crippen LogP contribution in [-0.2, 0) is 6.42 Å². The molecule has 2 aromatic rings. The minimum atomic E-state index is 0.925. The maximum Gasteiger partial charge on any atom is 0.0947 e. The zero-order valence-electron chi connectivity index (χ0n) is 12.8. The van der Waals surface area contributed by atoms with Crippen LogP contribution in [0.2, 0.25) is 0 Å². The molecule has 4 nitrogen and oxygen atoms in total. The fourth-order valence-corrected chi connectivity index (χ4v) is 2.76.